The van der Waals surface area contributed by atoms with Gasteiger partial charge in [-0.1, -0.05) is 17.7 Å². The highest BCUT2D eigenvalue weighted by atomic mass is 35.5. The van der Waals surface area contributed by atoms with Crippen molar-refractivity contribution in [3.63, 3.8) is 0 Å². The number of halogens is 2. The Balaban J connectivity index is 2.23. The summed E-state index contributed by atoms with van der Waals surface area (Å²) in [7, 11) is 0. The molecule has 0 atom stereocenters. The Morgan fingerprint density at radius 1 is 1.35 bits per heavy atom. The largest absolute Gasteiger partial charge is 0.380 e. The molecule has 0 saturated heterocycles. The number of rotatable bonds is 3. The topological polar surface area (TPSA) is 48.7 Å². The number of aryl methyl sites for hydroxylation is 2. The fraction of sp³-hybridized carbons (Fsp3) is 0.200. The molecule has 0 saturated carbocycles. The van der Waals surface area contributed by atoms with Crippen molar-refractivity contribution in [3.8, 4) is 6.07 Å². The second-order valence-electron chi connectivity index (χ2n) is 4.49. The van der Waals surface area contributed by atoms with Gasteiger partial charge in [-0.05, 0) is 37.6 Å². The predicted molar refractivity (Wildman–Crippen MR) is 77.2 cm³/mol. The Kier molecular flexibility index (Phi) is 4.21. The van der Waals surface area contributed by atoms with E-state index in [1.807, 2.05) is 13.0 Å². The summed E-state index contributed by atoms with van der Waals surface area (Å²) in [4.78, 5) is 4.25. The number of nitrogens with zero attached hydrogens (tertiary/aromatic N) is 2. The first kappa shape index (κ1) is 14.3. The van der Waals surface area contributed by atoms with Gasteiger partial charge < -0.3 is 5.32 Å². The summed E-state index contributed by atoms with van der Waals surface area (Å²) in [6, 6.07) is 8.50. The Bertz CT molecular complexity index is 692. The van der Waals surface area contributed by atoms with Gasteiger partial charge in [0.05, 0.1) is 22.0 Å². The number of hydrogen-bond donors (Lipinski definition) is 1. The predicted octanol–water partition coefficient (Wildman–Crippen LogP) is 3.97. The van der Waals surface area contributed by atoms with E-state index in [0.717, 1.165) is 16.9 Å². The highest BCUT2D eigenvalue weighted by Gasteiger charge is 2.08. The van der Waals surface area contributed by atoms with Crippen LogP contribution in [0.4, 0.5) is 10.1 Å². The lowest BCUT2D eigenvalue weighted by Gasteiger charge is -2.11. The maximum Gasteiger partial charge on any atom is 0.141 e. The minimum absolute atomic E-state index is 0.0897. The molecule has 0 amide bonds. The number of pyridine rings is 1. The van der Waals surface area contributed by atoms with Gasteiger partial charge in [0.1, 0.15) is 11.9 Å². The Morgan fingerprint density at radius 3 is 2.75 bits per heavy atom. The van der Waals surface area contributed by atoms with Gasteiger partial charge in [0.15, 0.2) is 0 Å². The van der Waals surface area contributed by atoms with E-state index >= 15 is 0 Å². The van der Waals surface area contributed by atoms with Gasteiger partial charge in [-0.2, -0.15) is 5.26 Å². The van der Waals surface area contributed by atoms with Crippen LogP contribution in [0.15, 0.2) is 24.3 Å². The van der Waals surface area contributed by atoms with Crippen molar-refractivity contribution in [2.45, 2.75) is 20.4 Å². The molecule has 2 aromatic rings. The van der Waals surface area contributed by atoms with Crippen LogP contribution in [0.3, 0.4) is 0 Å². The molecule has 20 heavy (non-hydrogen) atoms. The van der Waals surface area contributed by atoms with E-state index in [1.54, 1.807) is 19.1 Å². The van der Waals surface area contributed by atoms with Crippen LogP contribution >= 0.6 is 11.6 Å². The smallest absolute Gasteiger partial charge is 0.141 e. The first-order chi connectivity index (χ1) is 9.51. The van der Waals surface area contributed by atoms with Gasteiger partial charge in [0.25, 0.3) is 0 Å². The van der Waals surface area contributed by atoms with Gasteiger partial charge in [-0.15, -0.1) is 0 Å². The summed E-state index contributed by atoms with van der Waals surface area (Å²) in [6.07, 6.45) is 0. The second kappa shape index (κ2) is 5.89. The lowest BCUT2D eigenvalue weighted by Crippen LogP contribution is -2.04. The number of aromatic nitrogens is 1. The van der Waals surface area contributed by atoms with Crippen molar-refractivity contribution in [3.05, 3.63) is 57.6 Å². The molecule has 0 fully saturated rings. The summed E-state index contributed by atoms with van der Waals surface area (Å²) < 4.78 is 13.1. The van der Waals surface area contributed by atoms with Crippen molar-refractivity contribution >= 4 is 17.3 Å². The van der Waals surface area contributed by atoms with Gasteiger partial charge in [-0.3, -0.25) is 4.98 Å². The zero-order chi connectivity index (χ0) is 14.7. The van der Waals surface area contributed by atoms with Crippen molar-refractivity contribution in [2.75, 3.05) is 5.32 Å². The Hall–Kier alpha value is -2.12. The van der Waals surface area contributed by atoms with E-state index in [0.29, 0.717) is 17.8 Å². The Labute approximate surface area is 122 Å². The van der Waals surface area contributed by atoms with Crippen molar-refractivity contribution in [2.24, 2.45) is 0 Å². The molecule has 1 aromatic carbocycles. The van der Waals surface area contributed by atoms with Crippen LogP contribution in [0, 0.1) is 31.0 Å². The molecule has 1 aromatic heterocycles. The highest BCUT2D eigenvalue weighted by molar-refractivity contribution is 6.30. The average Bonchev–Trinajstić information content (AvgIpc) is 2.39. The molecule has 1 heterocycles. The molecular weight excluding hydrogens is 277 g/mol. The van der Waals surface area contributed by atoms with Gasteiger partial charge in [0, 0.05) is 12.2 Å². The molecule has 3 nitrogen and oxygen atoms in total. The fourth-order valence-electron chi connectivity index (χ4n) is 1.96. The molecule has 0 bridgehead atoms. The normalized spacial score (nSPS) is 10.2. The molecule has 0 aliphatic carbocycles. The number of anilines is 1. The number of nitrogens with one attached hydrogen (secondary N) is 1. The quantitative estimate of drug-likeness (QED) is 0.930. The van der Waals surface area contributed by atoms with E-state index < -0.39 is 5.82 Å². The summed E-state index contributed by atoms with van der Waals surface area (Å²) in [5.41, 5.74) is 3.60. The molecule has 0 unspecified atom stereocenters. The monoisotopic (exact) mass is 289 g/mol. The molecule has 102 valence electrons. The third kappa shape index (κ3) is 3.06. The molecule has 0 radical (unpaired) electrons. The fourth-order valence-corrected chi connectivity index (χ4v) is 2.16. The van der Waals surface area contributed by atoms with Gasteiger partial charge in [0.2, 0.25) is 0 Å². The van der Waals surface area contributed by atoms with E-state index in [-0.39, 0.29) is 5.02 Å². The molecule has 0 spiro atoms. The SMILES string of the molecule is Cc1cc(NCc2ccc(F)c(Cl)c2)c(C#N)c(C)n1. The highest BCUT2D eigenvalue weighted by Crippen LogP contribution is 2.21. The van der Waals surface area contributed by atoms with Crippen LogP contribution in [-0.2, 0) is 6.54 Å². The minimum atomic E-state index is -0.441. The Morgan fingerprint density at radius 2 is 2.10 bits per heavy atom. The van der Waals surface area contributed by atoms with Crippen LogP contribution in [0.2, 0.25) is 5.02 Å². The zero-order valence-corrected chi connectivity index (χ0v) is 11.9. The minimum Gasteiger partial charge on any atom is -0.380 e. The van der Waals surface area contributed by atoms with E-state index in [2.05, 4.69) is 16.4 Å². The average molecular weight is 290 g/mol. The van der Waals surface area contributed by atoms with Crippen LogP contribution in [0.25, 0.3) is 0 Å². The lowest BCUT2D eigenvalue weighted by molar-refractivity contribution is 0.627. The first-order valence-electron chi connectivity index (χ1n) is 6.07. The number of nitriles is 1. The number of benzene rings is 1. The molecule has 1 N–H and O–H groups in total. The molecule has 5 heteroatoms. The van der Waals surface area contributed by atoms with Crippen LogP contribution in [0.1, 0.15) is 22.5 Å². The van der Waals surface area contributed by atoms with Crippen LogP contribution in [0.5, 0.6) is 0 Å². The summed E-state index contributed by atoms with van der Waals surface area (Å²) >= 11 is 5.74. The molecule has 2 rings (SSSR count). The van der Waals surface area contributed by atoms with Gasteiger partial charge in [-0.25, -0.2) is 4.39 Å². The summed E-state index contributed by atoms with van der Waals surface area (Å²) in [5, 5.41) is 12.4. The van der Waals surface area contributed by atoms with Crippen molar-refractivity contribution in [1.29, 1.82) is 5.26 Å². The van der Waals surface area contributed by atoms with E-state index in [4.69, 9.17) is 16.9 Å². The van der Waals surface area contributed by atoms with Crippen LogP contribution < -0.4 is 5.32 Å². The zero-order valence-electron chi connectivity index (χ0n) is 11.2. The van der Waals surface area contributed by atoms with E-state index in [1.165, 1.54) is 6.07 Å². The van der Waals surface area contributed by atoms with Crippen molar-refractivity contribution in [1.82, 2.24) is 4.98 Å². The maximum atomic E-state index is 13.1. The van der Waals surface area contributed by atoms with E-state index in [9.17, 15) is 4.39 Å². The summed E-state index contributed by atoms with van der Waals surface area (Å²) in [5.74, 6) is -0.441. The maximum absolute atomic E-state index is 13.1. The van der Waals surface area contributed by atoms with Crippen molar-refractivity contribution < 1.29 is 4.39 Å². The third-order valence-corrected chi connectivity index (χ3v) is 3.20. The standard InChI is InChI=1S/C15H13ClFN3/c1-9-5-15(12(7-18)10(2)20-9)19-8-11-3-4-14(17)13(16)6-11/h3-6H,8H2,1-2H3,(H,19,20). The van der Waals surface area contributed by atoms with Crippen LogP contribution in [-0.4, -0.2) is 4.98 Å². The third-order valence-electron chi connectivity index (χ3n) is 2.91. The lowest BCUT2D eigenvalue weighted by atomic mass is 10.1. The molecule has 0 aliphatic heterocycles. The van der Waals surface area contributed by atoms with Gasteiger partial charge >= 0.3 is 0 Å². The first-order valence-corrected chi connectivity index (χ1v) is 6.45. The molecule has 0 aliphatic rings. The summed E-state index contributed by atoms with van der Waals surface area (Å²) in [6.45, 7) is 4.12. The number of hydrogen-bond acceptors (Lipinski definition) is 3. The second-order valence-corrected chi connectivity index (χ2v) is 4.89. The molecular formula is C15H13ClFN3.